The van der Waals surface area contributed by atoms with E-state index in [1.807, 2.05) is 0 Å². The average Bonchev–Trinajstić information content (AvgIpc) is 2.36. The smallest absolute Gasteiger partial charge is 0.297 e. The number of alkyl halides is 2. The first kappa shape index (κ1) is 14.5. The number of rotatable bonds is 1. The number of nitrogens with one attached hydrogen (secondary N) is 1. The maximum atomic E-state index is 12.4. The van der Waals surface area contributed by atoms with Crippen LogP contribution < -0.4 is 5.32 Å². The van der Waals surface area contributed by atoms with Gasteiger partial charge < -0.3 is 9.88 Å². The van der Waals surface area contributed by atoms with Crippen molar-refractivity contribution in [2.24, 2.45) is 0 Å². The van der Waals surface area contributed by atoms with Gasteiger partial charge in [-0.3, -0.25) is 0 Å². The zero-order valence-electron chi connectivity index (χ0n) is 7.82. The van der Waals surface area contributed by atoms with Gasteiger partial charge in [-0.2, -0.15) is 0 Å². The van der Waals surface area contributed by atoms with Crippen molar-refractivity contribution in [2.45, 2.75) is 19.4 Å². The third-order valence-corrected chi connectivity index (χ3v) is 2.09. The van der Waals surface area contributed by atoms with Crippen LogP contribution in [0.3, 0.4) is 0 Å². The number of fused-ring (bicyclic) bond motifs is 1. The Morgan fingerprint density at radius 1 is 1.20 bits per heavy atom. The fourth-order valence-corrected chi connectivity index (χ4v) is 1.46. The third-order valence-electron chi connectivity index (χ3n) is 2.09. The fraction of sp³-hybridized carbons (Fsp3) is 0.714. The van der Waals surface area contributed by atoms with Crippen molar-refractivity contribution in [3.05, 3.63) is 11.6 Å². The van der Waals surface area contributed by atoms with E-state index in [-0.39, 0.29) is 30.6 Å². The maximum absolute atomic E-state index is 12.4. The molecular weight excluding hydrogens is 249 g/mol. The molecule has 0 bridgehead atoms. The normalized spacial score (nSPS) is 14.9. The van der Waals surface area contributed by atoms with Crippen molar-refractivity contribution in [1.29, 1.82) is 0 Å². The summed E-state index contributed by atoms with van der Waals surface area (Å²) < 4.78 is 26.3. The van der Waals surface area contributed by atoms with Crippen LogP contribution in [0.15, 0.2) is 0 Å². The molecule has 88 valence electrons. The lowest BCUT2D eigenvalue weighted by Gasteiger charge is -2.04. The van der Waals surface area contributed by atoms with E-state index in [0.717, 1.165) is 6.54 Å². The van der Waals surface area contributed by atoms with Gasteiger partial charge in [-0.1, -0.05) is 0 Å². The van der Waals surface area contributed by atoms with E-state index in [1.165, 1.54) is 4.57 Å². The van der Waals surface area contributed by atoms with Gasteiger partial charge in [-0.15, -0.1) is 35.0 Å². The van der Waals surface area contributed by atoms with Crippen LogP contribution in [0.2, 0.25) is 0 Å². The van der Waals surface area contributed by atoms with Crippen LogP contribution in [0.4, 0.5) is 8.78 Å². The SMILES string of the molecule is Cl.Cl.FC(F)c1nnc2n1CCNCC2. The molecule has 1 aliphatic heterocycles. The van der Waals surface area contributed by atoms with Crippen LogP contribution in [-0.4, -0.2) is 27.9 Å². The molecule has 2 heterocycles. The Kier molecular flexibility index (Phi) is 6.00. The van der Waals surface area contributed by atoms with E-state index in [1.54, 1.807) is 0 Å². The standard InChI is InChI=1S/C7H10F2N4.2ClH/c8-6(9)7-12-11-5-1-2-10-3-4-13(5)7;;/h6,10H,1-4H2;2*1H. The summed E-state index contributed by atoms with van der Waals surface area (Å²) in [6, 6.07) is 0. The van der Waals surface area contributed by atoms with E-state index >= 15 is 0 Å². The second-order valence-electron chi connectivity index (χ2n) is 2.93. The first-order chi connectivity index (χ1) is 6.29. The van der Waals surface area contributed by atoms with Gasteiger partial charge in [-0.25, -0.2) is 8.78 Å². The summed E-state index contributed by atoms with van der Waals surface area (Å²) in [4.78, 5) is 0. The molecular formula is C7H12Cl2F2N4. The fourth-order valence-electron chi connectivity index (χ4n) is 1.46. The van der Waals surface area contributed by atoms with Gasteiger partial charge in [0.1, 0.15) is 5.82 Å². The van der Waals surface area contributed by atoms with E-state index in [2.05, 4.69) is 15.5 Å². The lowest BCUT2D eigenvalue weighted by Crippen LogP contribution is -2.18. The Hall–Kier alpha value is -0.460. The summed E-state index contributed by atoms with van der Waals surface area (Å²) in [5.74, 6) is 0.444. The predicted octanol–water partition coefficient (Wildman–Crippen LogP) is 1.20. The second-order valence-corrected chi connectivity index (χ2v) is 2.93. The molecule has 0 unspecified atom stereocenters. The molecule has 0 spiro atoms. The highest BCUT2D eigenvalue weighted by molar-refractivity contribution is 5.85. The summed E-state index contributed by atoms with van der Waals surface area (Å²) >= 11 is 0. The number of hydrogen-bond donors (Lipinski definition) is 1. The first-order valence-electron chi connectivity index (χ1n) is 4.20. The first-order valence-corrected chi connectivity index (χ1v) is 4.20. The van der Waals surface area contributed by atoms with Gasteiger partial charge in [-0.05, 0) is 0 Å². The van der Waals surface area contributed by atoms with Crippen molar-refractivity contribution in [3.63, 3.8) is 0 Å². The molecule has 0 saturated heterocycles. The molecule has 1 aliphatic rings. The van der Waals surface area contributed by atoms with Gasteiger partial charge in [0.25, 0.3) is 6.43 Å². The molecule has 8 heteroatoms. The highest BCUT2D eigenvalue weighted by Crippen LogP contribution is 2.17. The van der Waals surface area contributed by atoms with Gasteiger partial charge in [0.15, 0.2) is 5.82 Å². The van der Waals surface area contributed by atoms with Crippen molar-refractivity contribution in [1.82, 2.24) is 20.1 Å². The molecule has 1 aromatic rings. The Balaban J connectivity index is 0.000000980. The second kappa shape index (κ2) is 6.19. The molecule has 2 rings (SSSR count). The number of nitrogens with zero attached hydrogens (tertiary/aromatic N) is 3. The molecule has 0 aromatic carbocycles. The van der Waals surface area contributed by atoms with E-state index in [4.69, 9.17) is 0 Å². The molecule has 0 saturated carbocycles. The Morgan fingerprint density at radius 2 is 1.93 bits per heavy atom. The number of halogens is 4. The molecule has 1 N–H and O–H groups in total. The lowest BCUT2D eigenvalue weighted by atomic mass is 10.4. The van der Waals surface area contributed by atoms with Crippen molar-refractivity contribution in [3.8, 4) is 0 Å². The highest BCUT2D eigenvalue weighted by atomic mass is 35.5. The van der Waals surface area contributed by atoms with E-state index in [9.17, 15) is 8.78 Å². The van der Waals surface area contributed by atoms with Gasteiger partial charge >= 0.3 is 0 Å². The maximum Gasteiger partial charge on any atom is 0.297 e. The van der Waals surface area contributed by atoms with E-state index < -0.39 is 6.43 Å². The molecule has 0 atom stereocenters. The molecule has 0 fully saturated rings. The summed E-state index contributed by atoms with van der Waals surface area (Å²) in [6.45, 7) is 2.01. The molecule has 0 aliphatic carbocycles. The van der Waals surface area contributed by atoms with Crippen LogP contribution in [0.25, 0.3) is 0 Å². The quantitative estimate of drug-likeness (QED) is 0.826. The molecule has 0 radical (unpaired) electrons. The van der Waals surface area contributed by atoms with Crippen LogP contribution >= 0.6 is 24.8 Å². The number of aromatic nitrogens is 3. The van der Waals surface area contributed by atoms with Gasteiger partial charge in [0.05, 0.1) is 0 Å². The zero-order valence-corrected chi connectivity index (χ0v) is 9.45. The third kappa shape index (κ3) is 2.99. The molecule has 4 nitrogen and oxygen atoms in total. The Bertz CT molecular complexity index is 305. The van der Waals surface area contributed by atoms with Crippen LogP contribution in [-0.2, 0) is 13.0 Å². The van der Waals surface area contributed by atoms with Gasteiger partial charge in [0, 0.05) is 26.1 Å². The minimum absolute atomic E-state index is 0. The summed E-state index contributed by atoms with van der Waals surface area (Å²) in [7, 11) is 0. The highest BCUT2D eigenvalue weighted by Gasteiger charge is 2.20. The van der Waals surface area contributed by atoms with Gasteiger partial charge in [0.2, 0.25) is 0 Å². The predicted molar refractivity (Wildman–Crippen MR) is 56.0 cm³/mol. The van der Waals surface area contributed by atoms with Crippen molar-refractivity contribution in [2.75, 3.05) is 13.1 Å². The topological polar surface area (TPSA) is 42.7 Å². The summed E-state index contributed by atoms with van der Waals surface area (Å²) in [5.41, 5.74) is 0. The summed E-state index contributed by atoms with van der Waals surface area (Å²) in [6.07, 6.45) is -1.86. The van der Waals surface area contributed by atoms with Crippen LogP contribution in [0, 0.1) is 0 Å². The van der Waals surface area contributed by atoms with Crippen LogP contribution in [0.1, 0.15) is 18.1 Å². The minimum Gasteiger partial charge on any atom is -0.315 e. The Labute approximate surface area is 98.3 Å². The largest absolute Gasteiger partial charge is 0.315 e. The monoisotopic (exact) mass is 260 g/mol. The number of hydrogen-bond acceptors (Lipinski definition) is 3. The molecule has 15 heavy (non-hydrogen) atoms. The van der Waals surface area contributed by atoms with E-state index in [0.29, 0.717) is 25.3 Å². The zero-order chi connectivity index (χ0) is 9.26. The minimum atomic E-state index is -2.53. The molecule has 0 amide bonds. The van der Waals surface area contributed by atoms with Crippen LogP contribution in [0.5, 0.6) is 0 Å². The van der Waals surface area contributed by atoms with Crippen molar-refractivity contribution >= 4 is 24.8 Å². The van der Waals surface area contributed by atoms with Crippen molar-refractivity contribution < 1.29 is 8.78 Å². The average molecular weight is 261 g/mol. The lowest BCUT2D eigenvalue weighted by molar-refractivity contribution is 0.134. The molecule has 1 aromatic heterocycles. The Morgan fingerprint density at radius 3 is 2.60 bits per heavy atom. The summed E-state index contributed by atoms with van der Waals surface area (Å²) in [5, 5.41) is 10.3.